The Morgan fingerprint density at radius 3 is 2.24 bits per heavy atom. The van der Waals surface area contributed by atoms with Crippen molar-refractivity contribution in [3.05, 3.63) is 12.2 Å². The minimum absolute atomic E-state index is 0.0156. The average Bonchev–Trinajstić information content (AvgIpc) is 3.53. The number of Topliss-reactive ketones (excluding diaryl/α,β-unsaturated/α-hetero) is 1. The first-order valence-corrected chi connectivity index (χ1v) is 14.3. The predicted octanol–water partition coefficient (Wildman–Crippen LogP) is 3.41. The number of β-amino-alcohol motifs (C(OH)–C–C–N with tert-alkyl or cyclic N) is 1. The molecule has 0 aromatic rings. The molecule has 0 bridgehead atoms. The third-order valence-corrected chi connectivity index (χ3v) is 9.26. The van der Waals surface area contributed by atoms with E-state index in [0.29, 0.717) is 25.9 Å². The summed E-state index contributed by atoms with van der Waals surface area (Å²) in [5, 5.41) is 15.7. The van der Waals surface area contributed by atoms with E-state index in [2.05, 4.69) is 51.8 Å². The molecule has 0 saturated carbocycles. The zero-order valence-electron chi connectivity index (χ0n) is 24.4. The van der Waals surface area contributed by atoms with Gasteiger partial charge in [0.25, 0.3) is 0 Å². The lowest BCUT2D eigenvalue weighted by Gasteiger charge is -2.33. The van der Waals surface area contributed by atoms with Crippen LogP contribution in [0.15, 0.2) is 12.2 Å². The van der Waals surface area contributed by atoms with Gasteiger partial charge in [-0.2, -0.15) is 0 Å². The van der Waals surface area contributed by atoms with Gasteiger partial charge in [0.15, 0.2) is 5.78 Å². The molecule has 0 spiro atoms. The molecule has 2 aliphatic heterocycles. The third kappa shape index (κ3) is 7.80. The molecule has 2 rings (SSSR count). The fourth-order valence-electron chi connectivity index (χ4n) is 5.35. The molecule has 2 aliphatic rings. The van der Waals surface area contributed by atoms with Gasteiger partial charge in [0.2, 0.25) is 11.8 Å². The summed E-state index contributed by atoms with van der Waals surface area (Å²) in [4.78, 5) is 55.0. The largest absolute Gasteiger partial charge is 0.391 e. The molecule has 4 amide bonds. The molecule has 2 saturated heterocycles. The summed E-state index contributed by atoms with van der Waals surface area (Å²) in [7, 11) is 0. The number of hydrogen-bond donors (Lipinski definition) is 3. The molecule has 9 heteroatoms. The van der Waals surface area contributed by atoms with Crippen molar-refractivity contribution in [2.24, 2.45) is 10.8 Å². The second-order valence-electron chi connectivity index (χ2n) is 11.9. The number of allylic oxidation sites excluding steroid dienone is 1. The van der Waals surface area contributed by atoms with Crippen LogP contribution in [-0.2, 0) is 14.4 Å². The normalized spacial score (nSPS) is 23.2. The number of rotatable bonds is 13. The van der Waals surface area contributed by atoms with Crippen LogP contribution in [0.25, 0.3) is 0 Å². The monoisotopic (exact) mass is 534 g/mol. The maximum Gasteiger partial charge on any atom is 0.318 e. The van der Waals surface area contributed by atoms with Gasteiger partial charge in [0.1, 0.15) is 0 Å². The van der Waals surface area contributed by atoms with Crippen molar-refractivity contribution >= 4 is 23.6 Å². The number of amides is 4. The lowest BCUT2D eigenvalue weighted by atomic mass is 9.78. The van der Waals surface area contributed by atoms with Crippen molar-refractivity contribution in [3.63, 3.8) is 0 Å². The number of carbonyl (C=O) groups excluding carboxylic acids is 4. The fourth-order valence-corrected chi connectivity index (χ4v) is 5.35. The molecule has 38 heavy (non-hydrogen) atoms. The van der Waals surface area contributed by atoms with Crippen LogP contribution >= 0.6 is 0 Å². The maximum atomic E-state index is 13.6. The van der Waals surface area contributed by atoms with Gasteiger partial charge in [-0.1, -0.05) is 59.6 Å². The molecular formula is C29H50N4O5. The van der Waals surface area contributed by atoms with Crippen molar-refractivity contribution < 1.29 is 24.3 Å². The zero-order chi connectivity index (χ0) is 28.7. The summed E-state index contributed by atoms with van der Waals surface area (Å²) in [6.07, 6.45) is 4.42. The highest BCUT2D eigenvalue weighted by atomic mass is 16.3. The number of aliphatic hydroxyl groups excluding tert-OH is 1. The molecule has 9 nitrogen and oxygen atoms in total. The van der Waals surface area contributed by atoms with E-state index in [-0.39, 0.29) is 47.9 Å². The van der Waals surface area contributed by atoms with Crippen molar-refractivity contribution in [2.45, 2.75) is 111 Å². The molecule has 2 heterocycles. The van der Waals surface area contributed by atoms with Gasteiger partial charge in [-0.3, -0.25) is 14.4 Å². The van der Waals surface area contributed by atoms with Crippen LogP contribution in [0.4, 0.5) is 4.79 Å². The maximum absolute atomic E-state index is 13.6. The Kier molecular flexibility index (Phi) is 11.4. The number of aliphatic hydroxyl groups is 1. The van der Waals surface area contributed by atoms with Gasteiger partial charge in [0.05, 0.1) is 24.7 Å². The minimum atomic E-state index is -0.827. The highest BCUT2D eigenvalue weighted by Crippen LogP contribution is 2.34. The van der Waals surface area contributed by atoms with Crippen LogP contribution in [-0.4, -0.2) is 82.9 Å². The number of ketones is 1. The van der Waals surface area contributed by atoms with Crippen LogP contribution in [0, 0.1) is 10.8 Å². The zero-order valence-corrected chi connectivity index (χ0v) is 24.4. The van der Waals surface area contributed by atoms with Crippen molar-refractivity contribution in [1.82, 2.24) is 20.4 Å². The topological polar surface area (TPSA) is 119 Å². The van der Waals surface area contributed by atoms with E-state index in [1.165, 1.54) is 4.90 Å². The van der Waals surface area contributed by atoms with Crippen molar-refractivity contribution in [3.8, 4) is 0 Å². The first-order valence-electron chi connectivity index (χ1n) is 14.3. The van der Waals surface area contributed by atoms with E-state index in [1.807, 2.05) is 6.92 Å². The van der Waals surface area contributed by atoms with E-state index in [9.17, 15) is 24.3 Å². The van der Waals surface area contributed by atoms with Crippen molar-refractivity contribution in [2.75, 3.05) is 26.2 Å². The molecule has 216 valence electrons. The van der Waals surface area contributed by atoms with Gasteiger partial charge >= 0.3 is 6.03 Å². The van der Waals surface area contributed by atoms with E-state index < -0.39 is 24.2 Å². The standard InChI is InChI=1S/C29H50N4O5/c1-8-28(6,9-2)17-25(36)32-15-11-12-22(32)26(37)23-16-21(34)19-33(23)27(38)31-18-24(35)30-14-13-29(7,10-3)20(4)5/h21-23,34H,4,8-19H2,1-3,5-7H3,(H,30,35)(H,31,38). The van der Waals surface area contributed by atoms with Crippen molar-refractivity contribution in [1.29, 1.82) is 0 Å². The molecule has 0 aromatic carbocycles. The number of carbonyl (C=O) groups is 4. The van der Waals surface area contributed by atoms with E-state index in [1.54, 1.807) is 4.90 Å². The van der Waals surface area contributed by atoms with Gasteiger partial charge in [-0.25, -0.2) is 4.79 Å². The highest BCUT2D eigenvalue weighted by molar-refractivity contribution is 5.96. The first kappa shape index (κ1) is 31.8. The Balaban J connectivity index is 1.96. The first-order chi connectivity index (χ1) is 17.8. The van der Waals surface area contributed by atoms with Gasteiger partial charge < -0.3 is 25.5 Å². The van der Waals surface area contributed by atoms with Crippen LogP contribution in [0.3, 0.4) is 0 Å². The summed E-state index contributed by atoms with van der Waals surface area (Å²) in [6, 6.07) is -1.97. The molecule has 0 radical (unpaired) electrons. The predicted molar refractivity (Wildman–Crippen MR) is 148 cm³/mol. The van der Waals surface area contributed by atoms with Gasteiger partial charge in [-0.05, 0) is 43.4 Å². The Morgan fingerprint density at radius 2 is 1.66 bits per heavy atom. The fraction of sp³-hybridized carbons (Fsp3) is 0.793. The lowest BCUT2D eigenvalue weighted by Crippen LogP contribution is -2.53. The summed E-state index contributed by atoms with van der Waals surface area (Å²) in [5.74, 6) is -0.548. The molecule has 4 unspecified atom stereocenters. The highest BCUT2D eigenvalue weighted by Gasteiger charge is 2.45. The third-order valence-electron chi connectivity index (χ3n) is 9.26. The SMILES string of the molecule is C=C(C)C(C)(CC)CCNC(=O)CNC(=O)N1CC(O)CC1C(=O)C1CCCN1C(=O)CC(C)(CC)CC. The van der Waals surface area contributed by atoms with Gasteiger partial charge in [0, 0.05) is 32.5 Å². The van der Waals surface area contributed by atoms with Crippen LogP contribution in [0.2, 0.25) is 0 Å². The molecule has 0 aliphatic carbocycles. The lowest BCUT2D eigenvalue weighted by molar-refractivity contribution is -0.140. The Labute approximate surface area is 228 Å². The second-order valence-corrected chi connectivity index (χ2v) is 11.9. The van der Waals surface area contributed by atoms with Gasteiger partial charge in [-0.15, -0.1) is 0 Å². The Morgan fingerprint density at radius 1 is 1.00 bits per heavy atom. The molecule has 0 aromatic heterocycles. The number of nitrogens with one attached hydrogen (secondary N) is 2. The molecule has 4 atom stereocenters. The molecular weight excluding hydrogens is 484 g/mol. The average molecular weight is 535 g/mol. The van der Waals surface area contributed by atoms with E-state index in [0.717, 1.165) is 37.7 Å². The summed E-state index contributed by atoms with van der Waals surface area (Å²) >= 11 is 0. The quantitative estimate of drug-likeness (QED) is 0.313. The minimum Gasteiger partial charge on any atom is -0.391 e. The number of hydrogen-bond acceptors (Lipinski definition) is 5. The summed E-state index contributed by atoms with van der Waals surface area (Å²) in [5.41, 5.74) is 0.901. The smallest absolute Gasteiger partial charge is 0.318 e. The van der Waals surface area contributed by atoms with Crippen LogP contribution in [0.5, 0.6) is 0 Å². The second kappa shape index (κ2) is 13.6. The Hall–Kier alpha value is -2.42. The van der Waals surface area contributed by atoms with Crippen LogP contribution < -0.4 is 10.6 Å². The van der Waals surface area contributed by atoms with E-state index in [4.69, 9.17) is 0 Å². The summed E-state index contributed by atoms with van der Waals surface area (Å²) in [6.45, 7) is 17.3. The van der Waals surface area contributed by atoms with Crippen LogP contribution in [0.1, 0.15) is 92.9 Å². The number of nitrogens with zero attached hydrogens (tertiary/aromatic N) is 2. The Bertz CT molecular complexity index is 886. The molecule has 3 N–H and O–H groups in total. The summed E-state index contributed by atoms with van der Waals surface area (Å²) < 4.78 is 0. The number of likely N-dealkylation sites (tertiary alicyclic amines) is 2. The number of urea groups is 1. The molecule has 2 fully saturated rings. The van der Waals surface area contributed by atoms with E-state index >= 15 is 0 Å².